The van der Waals surface area contributed by atoms with Crippen LogP contribution >= 0.6 is 0 Å². The number of amides is 2. The molecule has 0 aliphatic rings. The number of carboxylic acids is 1. The van der Waals surface area contributed by atoms with Gasteiger partial charge in [-0.25, -0.2) is 9.59 Å². The number of benzene rings is 2. The average molecular weight is 458 g/mol. The standard InChI is InChI=1S/C24H31N3O6/c28-22(29)17-27(15-7-13-25-23(30)32-18-20-9-3-1-4-10-20)16-8-14-26-24(31)33-19-21-11-5-2-6-12-21/h1-6,9-12H,7-8,13-19H2,(H,25,30)(H,26,31)(H,28,29). The summed E-state index contributed by atoms with van der Waals surface area (Å²) >= 11 is 0. The molecule has 2 aromatic carbocycles. The molecule has 0 bridgehead atoms. The summed E-state index contributed by atoms with van der Waals surface area (Å²) in [6.45, 7) is 1.99. The maximum absolute atomic E-state index is 11.8. The average Bonchev–Trinajstić information content (AvgIpc) is 2.82. The van der Waals surface area contributed by atoms with E-state index in [1.165, 1.54) is 0 Å². The molecule has 0 unspecified atom stereocenters. The van der Waals surface area contributed by atoms with Crippen LogP contribution in [0.1, 0.15) is 24.0 Å². The Morgan fingerprint density at radius 1 is 0.727 bits per heavy atom. The van der Waals surface area contributed by atoms with Gasteiger partial charge in [-0.15, -0.1) is 0 Å². The molecule has 178 valence electrons. The SMILES string of the molecule is O=C(O)CN(CCCNC(=O)OCc1ccccc1)CCCNC(=O)OCc1ccccc1. The fourth-order valence-corrected chi connectivity index (χ4v) is 3.00. The molecule has 2 aromatic rings. The lowest BCUT2D eigenvalue weighted by Gasteiger charge is -2.20. The van der Waals surface area contributed by atoms with Crippen molar-refractivity contribution >= 4 is 18.2 Å². The fraction of sp³-hybridized carbons (Fsp3) is 0.375. The predicted molar refractivity (Wildman–Crippen MR) is 123 cm³/mol. The lowest BCUT2D eigenvalue weighted by Crippen LogP contribution is -2.36. The summed E-state index contributed by atoms with van der Waals surface area (Å²) in [5, 5.41) is 14.4. The van der Waals surface area contributed by atoms with Crippen molar-refractivity contribution in [1.82, 2.24) is 15.5 Å². The molecule has 0 saturated heterocycles. The highest BCUT2D eigenvalue weighted by Gasteiger charge is 2.10. The molecule has 2 amide bonds. The molecule has 0 radical (unpaired) electrons. The maximum atomic E-state index is 11.8. The number of hydrogen-bond donors (Lipinski definition) is 3. The number of nitrogens with zero attached hydrogens (tertiary/aromatic N) is 1. The molecule has 3 N–H and O–H groups in total. The van der Waals surface area contributed by atoms with E-state index in [9.17, 15) is 14.4 Å². The van der Waals surface area contributed by atoms with Crippen molar-refractivity contribution in [2.24, 2.45) is 0 Å². The van der Waals surface area contributed by atoms with Crippen molar-refractivity contribution in [3.63, 3.8) is 0 Å². The molecule has 33 heavy (non-hydrogen) atoms. The molecule has 0 heterocycles. The zero-order valence-corrected chi connectivity index (χ0v) is 18.6. The Morgan fingerprint density at radius 2 is 1.15 bits per heavy atom. The molecule has 9 nitrogen and oxygen atoms in total. The van der Waals surface area contributed by atoms with Crippen molar-refractivity contribution in [1.29, 1.82) is 0 Å². The van der Waals surface area contributed by atoms with Gasteiger partial charge in [0.2, 0.25) is 0 Å². The lowest BCUT2D eigenvalue weighted by molar-refractivity contribution is -0.138. The number of hydrogen-bond acceptors (Lipinski definition) is 6. The van der Waals surface area contributed by atoms with E-state index in [4.69, 9.17) is 14.6 Å². The van der Waals surface area contributed by atoms with E-state index in [1.807, 2.05) is 60.7 Å². The van der Waals surface area contributed by atoms with Gasteiger partial charge in [-0.3, -0.25) is 9.69 Å². The van der Waals surface area contributed by atoms with E-state index < -0.39 is 18.2 Å². The highest BCUT2D eigenvalue weighted by Crippen LogP contribution is 2.02. The molecule has 0 saturated carbocycles. The molecule has 0 aromatic heterocycles. The second-order valence-corrected chi connectivity index (χ2v) is 7.35. The summed E-state index contributed by atoms with van der Waals surface area (Å²) < 4.78 is 10.3. The minimum Gasteiger partial charge on any atom is -0.480 e. The van der Waals surface area contributed by atoms with Crippen molar-refractivity contribution in [3.05, 3.63) is 71.8 Å². The van der Waals surface area contributed by atoms with Crippen molar-refractivity contribution in [2.45, 2.75) is 26.1 Å². The monoisotopic (exact) mass is 457 g/mol. The van der Waals surface area contributed by atoms with Crippen LogP contribution in [0.15, 0.2) is 60.7 Å². The van der Waals surface area contributed by atoms with Crippen molar-refractivity contribution in [3.8, 4) is 0 Å². The zero-order chi connectivity index (χ0) is 23.7. The van der Waals surface area contributed by atoms with Crippen LogP contribution in [0.5, 0.6) is 0 Å². The third kappa shape index (κ3) is 12.1. The molecule has 0 fully saturated rings. The van der Waals surface area contributed by atoms with Crippen LogP contribution in [0.25, 0.3) is 0 Å². The maximum Gasteiger partial charge on any atom is 0.407 e. The Labute approximate surface area is 193 Å². The number of rotatable bonds is 14. The van der Waals surface area contributed by atoms with Crippen LogP contribution in [0.4, 0.5) is 9.59 Å². The first-order valence-corrected chi connectivity index (χ1v) is 10.9. The fourth-order valence-electron chi connectivity index (χ4n) is 3.00. The van der Waals surface area contributed by atoms with Gasteiger partial charge in [-0.2, -0.15) is 0 Å². The van der Waals surface area contributed by atoms with Gasteiger partial charge in [0, 0.05) is 26.2 Å². The van der Waals surface area contributed by atoms with Gasteiger partial charge in [0.15, 0.2) is 0 Å². The summed E-state index contributed by atoms with van der Waals surface area (Å²) in [4.78, 5) is 36.4. The second-order valence-electron chi connectivity index (χ2n) is 7.35. The Hall–Kier alpha value is -3.59. The number of carboxylic acid groups (broad SMARTS) is 1. The molecule has 0 aliphatic heterocycles. The molecule has 9 heteroatoms. The van der Waals surface area contributed by atoms with Crippen molar-refractivity contribution in [2.75, 3.05) is 32.7 Å². The Balaban J connectivity index is 1.56. The number of aliphatic carboxylic acids is 1. The quantitative estimate of drug-likeness (QED) is 0.373. The van der Waals surface area contributed by atoms with Crippen LogP contribution in [0, 0.1) is 0 Å². The van der Waals surface area contributed by atoms with Gasteiger partial charge >= 0.3 is 18.2 Å². The van der Waals surface area contributed by atoms with Crippen LogP contribution in [-0.4, -0.2) is 60.9 Å². The summed E-state index contributed by atoms with van der Waals surface area (Å²) in [5.41, 5.74) is 1.80. The summed E-state index contributed by atoms with van der Waals surface area (Å²) in [5.74, 6) is -0.930. The second kappa shape index (κ2) is 15.3. The first-order chi connectivity index (χ1) is 16.0. The third-order valence-corrected chi connectivity index (χ3v) is 4.63. The topological polar surface area (TPSA) is 117 Å². The number of nitrogens with one attached hydrogen (secondary N) is 2. The van der Waals surface area contributed by atoms with Crippen LogP contribution in [-0.2, 0) is 27.5 Å². The zero-order valence-electron chi connectivity index (χ0n) is 18.6. The van der Waals surface area contributed by atoms with E-state index in [2.05, 4.69) is 10.6 Å². The Bertz CT molecular complexity index is 784. The number of alkyl carbamates (subject to hydrolysis) is 2. The third-order valence-electron chi connectivity index (χ3n) is 4.63. The first kappa shape index (κ1) is 25.7. The highest BCUT2D eigenvalue weighted by atomic mass is 16.6. The van der Waals surface area contributed by atoms with Crippen LogP contribution in [0.3, 0.4) is 0 Å². The molecule has 2 rings (SSSR count). The smallest absolute Gasteiger partial charge is 0.407 e. The van der Waals surface area contributed by atoms with Gasteiger partial charge in [0.25, 0.3) is 0 Å². The van der Waals surface area contributed by atoms with E-state index in [1.54, 1.807) is 4.90 Å². The number of carbonyl (C=O) groups excluding carboxylic acids is 2. The minimum absolute atomic E-state index is 0.114. The molecular formula is C24H31N3O6. The Morgan fingerprint density at radius 3 is 1.55 bits per heavy atom. The number of ether oxygens (including phenoxy) is 2. The highest BCUT2D eigenvalue weighted by molar-refractivity contribution is 5.69. The Kier molecular flexibility index (Phi) is 11.9. The molecule has 0 atom stereocenters. The van der Waals surface area contributed by atoms with E-state index >= 15 is 0 Å². The summed E-state index contributed by atoms with van der Waals surface area (Å²) in [6.07, 6.45) is 0.115. The molecule has 0 aliphatic carbocycles. The first-order valence-electron chi connectivity index (χ1n) is 10.9. The van der Waals surface area contributed by atoms with Gasteiger partial charge in [0.05, 0.1) is 6.54 Å². The van der Waals surface area contributed by atoms with Crippen molar-refractivity contribution < 1.29 is 29.0 Å². The van der Waals surface area contributed by atoms with E-state index in [-0.39, 0.29) is 19.8 Å². The van der Waals surface area contributed by atoms with Gasteiger partial charge < -0.3 is 25.2 Å². The minimum atomic E-state index is -0.930. The predicted octanol–water partition coefficient (Wildman–Crippen LogP) is 3.01. The van der Waals surface area contributed by atoms with Gasteiger partial charge in [0.1, 0.15) is 13.2 Å². The molecular weight excluding hydrogens is 426 g/mol. The van der Waals surface area contributed by atoms with Gasteiger partial charge in [-0.1, -0.05) is 60.7 Å². The van der Waals surface area contributed by atoms with E-state index in [0.717, 1.165) is 11.1 Å². The lowest BCUT2D eigenvalue weighted by atomic mass is 10.2. The molecule has 0 spiro atoms. The van der Waals surface area contributed by atoms with Crippen LogP contribution in [0.2, 0.25) is 0 Å². The summed E-state index contributed by atoms with van der Waals surface area (Å²) in [7, 11) is 0. The van der Waals surface area contributed by atoms with E-state index in [0.29, 0.717) is 39.0 Å². The summed E-state index contributed by atoms with van der Waals surface area (Å²) in [6, 6.07) is 18.7. The van der Waals surface area contributed by atoms with Crippen LogP contribution < -0.4 is 10.6 Å². The number of carbonyl (C=O) groups is 3. The normalized spacial score (nSPS) is 10.5. The largest absolute Gasteiger partial charge is 0.480 e. The van der Waals surface area contributed by atoms with Gasteiger partial charge in [-0.05, 0) is 24.0 Å².